The monoisotopic (exact) mass is 304 g/mol. The number of nitrogens with zero attached hydrogens (tertiary/aromatic N) is 2. The van der Waals surface area contributed by atoms with Crippen LogP contribution in [0.25, 0.3) is 5.69 Å². The Morgan fingerprint density at radius 2 is 2.09 bits per heavy atom. The molecule has 0 radical (unpaired) electrons. The van der Waals surface area contributed by atoms with Crippen LogP contribution in [0.1, 0.15) is 24.6 Å². The van der Waals surface area contributed by atoms with Crippen LogP contribution in [0.4, 0.5) is 0 Å². The summed E-state index contributed by atoms with van der Waals surface area (Å²) in [5.74, 6) is 0.463. The molecule has 22 heavy (non-hydrogen) atoms. The highest BCUT2D eigenvalue weighted by Crippen LogP contribution is 2.29. The summed E-state index contributed by atoms with van der Waals surface area (Å²) in [6.45, 7) is 1.99. The van der Waals surface area contributed by atoms with Gasteiger partial charge in [0, 0.05) is 18.1 Å². The van der Waals surface area contributed by atoms with E-state index in [9.17, 15) is 4.79 Å². The summed E-state index contributed by atoms with van der Waals surface area (Å²) in [5, 5.41) is 13.5. The molecule has 0 aliphatic rings. The molecule has 0 fully saturated rings. The van der Waals surface area contributed by atoms with Gasteiger partial charge in [0.15, 0.2) is 0 Å². The van der Waals surface area contributed by atoms with E-state index in [1.54, 1.807) is 18.9 Å². The number of hydrogen-bond donors (Lipinski definition) is 1. The van der Waals surface area contributed by atoms with Crippen LogP contribution in [0, 0.1) is 0 Å². The van der Waals surface area contributed by atoms with E-state index >= 15 is 0 Å². The minimum absolute atomic E-state index is 0.0488. The number of carbonyl (C=O) groups is 1. The Hall–Kier alpha value is -2.50. The number of aromatic nitrogens is 2. The highest BCUT2D eigenvalue weighted by Gasteiger charge is 2.19. The second-order valence-corrected chi connectivity index (χ2v) is 4.80. The van der Waals surface area contributed by atoms with E-state index in [2.05, 4.69) is 5.10 Å². The van der Waals surface area contributed by atoms with Gasteiger partial charge in [-0.3, -0.25) is 4.79 Å². The van der Waals surface area contributed by atoms with Crippen molar-refractivity contribution < 1.29 is 19.4 Å². The van der Waals surface area contributed by atoms with Gasteiger partial charge in [-0.15, -0.1) is 0 Å². The van der Waals surface area contributed by atoms with Gasteiger partial charge in [0.25, 0.3) is 0 Å². The molecule has 1 heterocycles. The second kappa shape index (κ2) is 6.98. The molecule has 0 unspecified atom stereocenters. The molecule has 0 bridgehead atoms. The molecule has 0 saturated heterocycles. The quantitative estimate of drug-likeness (QED) is 0.850. The van der Waals surface area contributed by atoms with Crippen LogP contribution in [-0.4, -0.2) is 35.1 Å². The topological polar surface area (TPSA) is 73.6 Å². The maximum Gasteiger partial charge on any atom is 0.303 e. The first-order valence-electron chi connectivity index (χ1n) is 7.11. The Labute approximate surface area is 129 Å². The van der Waals surface area contributed by atoms with E-state index < -0.39 is 5.97 Å². The smallest absolute Gasteiger partial charge is 0.303 e. The van der Waals surface area contributed by atoms with Gasteiger partial charge < -0.3 is 14.6 Å². The van der Waals surface area contributed by atoms with E-state index in [0.717, 1.165) is 22.7 Å². The van der Waals surface area contributed by atoms with Crippen molar-refractivity contribution in [2.75, 3.05) is 14.2 Å². The zero-order valence-corrected chi connectivity index (χ0v) is 13.0. The lowest BCUT2D eigenvalue weighted by molar-refractivity contribution is -0.136. The Balaban J connectivity index is 2.48. The normalized spacial score (nSPS) is 10.5. The number of benzene rings is 1. The summed E-state index contributed by atoms with van der Waals surface area (Å²) in [5.41, 5.74) is 2.50. The minimum atomic E-state index is -0.835. The number of carboxylic acids is 1. The van der Waals surface area contributed by atoms with Gasteiger partial charge in [0.2, 0.25) is 5.88 Å². The van der Waals surface area contributed by atoms with Gasteiger partial charge in [0.1, 0.15) is 5.75 Å². The Morgan fingerprint density at radius 1 is 1.32 bits per heavy atom. The molecule has 118 valence electrons. The third kappa shape index (κ3) is 3.21. The van der Waals surface area contributed by atoms with Crippen molar-refractivity contribution in [1.29, 1.82) is 0 Å². The maximum absolute atomic E-state index is 10.8. The Morgan fingerprint density at radius 3 is 2.68 bits per heavy atom. The summed E-state index contributed by atoms with van der Waals surface area (Å²) in [4.78, 5) is 10.8. The van der Waals surface area contributed by atoms with E-state index in [1.807, 2.05) is 31.2 Å². The summed E-state index contributed by atoms with van der Waals surface area (Å²) < 4.78 is 12.4. The van der Waals surface area contributed by atoms with Crippen LogP contribution in [0.3, 0.4) is 0 Å². The van der Waals surface area contributed by atoms with E-state index in [4.69, 9.17) is 14.6 Å². The fraction of sp³-hybridized carbons (Fsp3) is 0.375. The fourth-order valence-electron chi connectivity index (χ4n) is 2.37. The lowest BCUT2D eigenvalue weighted by atomic mass is 10.1. The van der Waals surface area contributed by atoms with Gasteiger partial charge in [-0.25, -0.2) is 4.68 Å². The number of carboxylic acid groups (broad SMARTS) is 1. The minimum Gasteiger partial charge on any atom is -0.497 e. The number of aryl methyl sites for hydroxylation is 1. The first kappa shape index (κ1) is 15.9. The molecule has 1 N–H and O–H groups in total. The van der Waals surface area contributed by atoms with Gasteiger partial charge in [-0.05, 0) is 25.0 Å². The average Bonchev–Trinajstić information content (AvgIpc) is 2.90. The van der Waals surface area contributed by atoms with Gasteiger partial charge in [-0.1, -0.05) is 13.0 Å². The standard InChI is InChI=1S/C16H20N2O4/c1-4-14-13(8-9-15(19)20)16(22-3)18(17-14)11-6-5-7-12(10-11)21-2/h5-7,10H,4,8-9H2,1-3H3,(H,19,20). The number of ether oxygens (including phenoxy) is 2. The highest BCUT2D eigenvalue weighted by molar-refractivity contribution is 5.67. The molecule has 0 aliphatic heterocycles. The summed E-state index contributed by atoms with van der Waals surface area (Å²) >= 11 is 0. The lowest BCUT2D eigenvalue weighted by Crippen LogP contribution is -2.02. The third-order valence-corrected chi connectivity index (χ3v) is 3.43. The van der Waals surface area contributed by atoms with Crippen LogP contribution in [0.5, 0.6) is 11.6 Å². The Kier molecular flexibility index (Phi) is 5.04. The number of methoxy groups -OCH3 is 2. The summed E-state index contributed by atoms with van der Waals surface area (Å²) in [7, 11) is 3.17. The van der Waals surface area contributed by atoms with Crippen molar-refractivity contribution in [2.24, 2.45) is 0 Å². The van der Waals surface area contributed by atoms with Crippen molar-refractivity contribution in [3.63, 3.8) is 0 Å². The molecule has 1 aromatic carbocycles. The molecule has 0 atom stereocenters. The van der Waals surface area contributed by atoms with Gasteiger partial charge in [0.05, 0.1) is 25.6 Å². The van der Waals surface area contributed by atoms with Crippen LogP contribution >= 0.6 is 0 Å². The SMILES string of the molecule is CCc1nn(-c2cccc(OC)c2)c(OC)c1CCC(=O)O. The second-order valence-electron chi connectivity index (χ2n) is 4.80. The van der Waals surface area contributed by atoms with Gasteiger partial charge >= 0.3 is 5.97 Å². The first-order valence-corrected chi connectivity index (χ1v) is 7.11. The molecular formula is C16H20N2O4. The fourth-order valence-corrected chi connectivity index (χ4v) is 2.37. The molecule has 6 heteroatoms. The van der Waals surface area contributed by atoms with Crippen LogP contribution in [0.2, 0.25) is 0 Å². The predicted molar refractivity (Wildman–Crippen MR) is 82.0 cm³/mol. The van der Waals surface area contributed by atoms with Crippen molar-refractivity contribution in [2.45, 2.75) is 26.2 Å². The molecule has 0 amide bonds. The van der Waals surface area contributed by atoms with E-state index in [1.165, 1.54) is 0 Å². The molecule has 6 nitrogen and oxygen atoms in total. The van der Waals surface area contributed by atoms with Crippen molar-refractivity contribution in [3.05, 3.63) is 35.5 Å². The zero-order chi connectivity index (χ0) is 16.1. The van der Waals surface area contributed by atoms with Crippen LogP contribution < -0.4 is 9.47 Å². The average molecular weight is 304 g/mol. The van der Waals surface area contributed by atoms with Crippen molar-refractivity contribution in [1.82, 2.24) is 9.78 Å². The first-order chi connectivity index (χ1) is 10.6. The molecule has 0 spiro atoms. The van der Waals surface area contributed by atoms with E-state index in [-0.39, 0.29) is 6.42 Å². The van der Waals surface area contributed by atoms with E-state index in [0.29, 0.717) is 18.7 Å². The summed E-state index contributed by atoms with van der Waals surface area (Å²) in [6.07, 6.45) is 1.15. The van der Waals surface area contributed by atoms with Crippen LogP contribution in [0.15, 0.2) is 24.3 Å². The molecule has 1 aromatic heterocycles. The summed E-state index contributed by atoms with van der Waals surface area (Å²) in [6, 6.07) is 7.48. The van der Waals surface area contributed by atoms with Crippen molar-refractivity contribution >= 4 is 5.97 Å². The molecule has 0 aliphatic carbocycles. The number of hydrogen-bond acceptors (Lipinski definition) is 4. The number of rotatable bonds is 7. The molecular weight excluding hydrogens is 284 g/mol. The third-order valence-electron chi connectivity index (χ3n) is 3.43. The van der Waals surface area contributed by atoms with Gasteiger partial charge in [-0.2, -0.15) is 5.10 Å². The Bertz CT molecular complexity index is 664. The predicted octanol–water partition coefficient (Wildman–Crippen LogP) is 2.47. The highest BCUT2D eigenvalue weighted by atomic mass is 16.5. The van der Waals surface area contributed by atoms with Crippen LogP contribution in [-0.2, 0) is 17.6 Å². The maximum atomic E-state index is 10.8. The van der Waals surface area contributed by atoms with Crippen molar-refractivity contribution in [3.8, 4) is 17.3 Å². The molecule has 2 rings (SSSR count). The zero-order valence-electron chi connectivity index (χ0n) is 13.0. The largest absolute Gasteiger partial charge is 0.497 e. The lowest BCUT2D eigenvalue weighted by Gasteiger charge is -2.09. The molecule has 2 aromatic rings. The molecule has 0 saturated carbocycles. The number of aliphatic carboxylic acids is 1.